The molecule has 1 aromatic heterocycles. The number of benzene rings is 2. The van der Waals surface area contributed by atoms with Crippen molar-refractivity contribution in [2.24, 2.45) is 0 Å². The van der Waals surface area contributed by atoms with E-state index in [4.69, 9.17) is 12.2 Å². The lowest BCUT2D eigenvalue weighted by Crippen LogP contribution is -2.20. The van der Waals surface area contributed by atoms with E-state index in [1.807, 2.05) is 36.7 Å². The molecular formula is C21H23FN4S. The molecule has 0 radical (unpaired) electrons. The van der Waals surface area contributed by atoms with Crippen LogP contribution in [0.3, 0.4) is 0 Å². The predicted molar refractivity (Wildman–Crippen MR) is 113 cm³/mol. The Morgan fingerprint density at radius 1 is 1.07 bits per heavy atom. The first-order valence-corrected chi connectivity index (χ1v) is 9.18. The van der Waals surface area contributed by atoms with Crippen molar-refractivity contribution in [3.63, 3.8) is 0 Å². The molecule has 3 aromatic rings. The number of aromatic nitrogens is 2. The van der Waals surface area contributed by atoms with Crippen molar-refractivity contribution in [2.45, 2.75) is 34.2 Å². The third-order valence-corrected chi connectivity index (χ3v) is 4.90. The molecule has 0 aliphatic heterocycles. The number of hydrogen-bond donors (Lipinski definition) is 2. The molecule has 0 spiro atoms. The maximum atomic E-state index is 13.4. The van der Waals surface area contributed by atoms with E-state index >= 15 is 0 Å². The number of nitrogens with one attached hydrogen (secondary N) is 2. The van der Waals surface area contributed by atoms with E-state index in [1.54, 1.807) is 6.07 Å². The lowest BCUT2D eigenvalue weighted by molar-refractivity contribution is 0.616. The summed E-state index contributed by atoms with van der Waals surface area (Å²) in [6.07, 6.45) is 0. The molecule has 0 aliphatic carbocycles. The van der Waals surface area contributed by atoms with Gasteiger partial charge in [-0.3, -0.25) is 4.68 Å². The smallest absolute Gasteiger partial charge is 0.175 e. The maximum Gasteiger partial charge on any atom is 0.175 e. The third kappa shape index (κ3) is 4.34. The van der Waals surface area contributed by atoms with Gasteiger partial charge in [0.25, 0.3) is 0 Å². The standard InChI is InChI=1S/C21H23FN4S/c1-13-7-5-10-19(14(13)2)23-21(27)24-20-15(3)25-26(16(20)4)12-17-8-6-9-18(22)11-17/h5-11H,12H2,1-4H3,(H2,23,24,27). The number of nitrogens with zero attached hydrogens (tertiary/aromatic N) is 2. The van der Waals surface area contributed by atoms with E-state index in [0.29, 0.717) is 11.7 Å². The highest BCUT2D eigenvalue weighted by atomic mass is 32.1. The number of halogens is 1. The van der Waals surface area contributed by atoms with Gasteiger partial charge in [0.2, 0.25) is 0 Å². The molecular weight excluding hydrogens is 359 g/mol. The monoisotopic (exact) mass is 382 g/mol. The average molecular weight is 383 g/mol. The third-order valence-electron chi connectivity index (χ3n) is 4.69. The van der Waals surface area contributed by atoms with Gasteiger partial charge >= 0.3 is 0 Å². The van der Waals surface area contributed by atoms with Crippen LogP contribution < -0.4 is 10.6 Å². The molecule has 0 amide bonds. The molecule has 27 heavy (non-hydrogen) atoms. The fraction of sp³-hybridized carbons (Fsp3) is 0.238. The highest BCUT2D eigenvalue weighted by Crippen LogP contribution is 2.22. The van der Waals surface area contributed by atoms with E-state index in [-0.39, 0.29) is 5.82 Å². The van der Waals surface area contributed by atoms with Gasteiger partial charge in [0, 0.05) is 5.69 Å². The van der Waals surface area contributed by atoms with E-state index in [9.17, 15) is 4.39 Å². The summed E-state index contributed by atoms with van der Waals surface area (Å²) in [7, 11) is 0. The van der Waals surface area contributed by atoms with Gasteiger partial charge in [-0.25, -0.2) is 4.39 Å². The molecule has 0 fully saturated rings. The summed E-state index contributed by atoms with van der Waals surface area (Å²) in [6, 6.07) is 12.6. The van der Waals surface area contributed by atoms with Crippen LogP contribution in [-0.4, -0.2) is 14.9 Å². The molecule has 0 saturated heterocycles. The average Bonchev–Trinajstić information content (AvgIpc) is 2.86. The molecule has 0 atom stereocenters. The lowest BCUT2D eigenvalue weighted by atomic mass is 10.1. The van der Waals surface area contributed by atoms with Gasteiger partial charge in [0.05, 0.1) is 23.6 Å². The normalized spacial score (nSPS) is 10.7. The first-order chi connectivity index (χ1) is 12.8. The molecule has 1 heterocycles. The van der Waals surface area contributed by atoms with Crippen LogP contribution in [0.1, 0.15) is 28.1 Å². The van der Waals surface area contributed by atoms with Crippen LogP contribution in [-0.2, 0) is 6.54 Å². The number of aryl methyl sites for hydroxylation is 2. The van der Waals surface area contributed by atoms with Crippen molar-refractivity contribution in [3.8, 4) is 0 Å². The van der Waals surface area contributed by atoms with Crippen molar-refractivity contribution < 1.29 is 4.39 Å². The Kier molecular flexibility index (Phi) is 5.56. The molecule has 4 nitrogen and oxygen atoms in total. The van der Waals surface area contributed by atoms with E-state index in [1.165, 1.54) is 17.7 Å². The predicted octanol–water partition coefficient (Wildman–Crippen LogP) is 5.11. The first-order valence-electron chi connectivity index (χ1n) is 8.78. The molecule has 0 saturated carbocycles. The molecule has 0 bridgehead atoms. The Morgan fingerprint density at radius 3 is 2.56 bits per heavy atom. The van der Waals surface area contributed by atoms with Gasteiger partial charge in [-0.2, -0.15) is 5.10 Å². The number of thiocarbonyl (C=S) groups is 1. The zero-order valence-corrected chi connectivity index (χ0v) is 16.7. The van der Waals surface area contributed by atoms with Crippen LogP contribution >= 0.6 is 12.2 Å². The quantitative estimate of drug-likeness (QED) is 0.615. The number of hydrogen-bond acceptors (Lipinski definition) is 2. The molecule has 3 rings (SSSR count). The fourth-order valence-electron chi connectivity index (χ4n) is 2.99. The molecule has 6 heteroatoms. The van der Waals surface area contributed by atoms with Crippen molar-refractivity contribution in [2.75, 3.05) is 10.6 Å². The lowest BCUT2D eigenvalue weighted by Gasteiger charge is -2.14. The Hall–Kier alpha value is -2.73. The topological polar surface area (TPSA) is 41.9 Å². The zero-order chi connectivity index (χ0) is 19.6. The van der Waals surface area contributed by atoms with Gasteiger partial charge < -0.3 is 10.6 Å². The van der Waals surface area contributed by atoms with Crippen LogP contribution in [0, 0.1) is 33.5 Å². The van der Waals surface area contributed by atoms with Crippen molar-refractivity contribution in [1.29, 1.82) is 0 Å². The molecule has 2 aromatic carbocycles. The van der Waals surface area contributed by atoms with Crippen molar-refractivity contribution >= 4 is 28.7 Å². The van der Waals surface area contributed by atoms with E-state index < -0.39 is 0 Å². The summed E-state index contributed by atoms with van der Waals surface area (Å²) < 4.78 is 15.3. The summed E-state index contributed by atoms with van der Waals surface area (Å²) >= 11 is 5.49. The molecule has 2 N–H and O–H groups in total. The minimum atomic E-state index is -0.244. The van der Waals surface area contributed by atoms with Gasteiger partial charge in [-0.15, -0.1) is 0 Å². The van der Waals surface area contributed by atoms with Crippen LogP contribution in [0.25, 0.3) is 0 Å². The van der Waals surface area contributed by atoms with Crippen LogP contribution in [0.15, 0.2) is 42.5 Å². The van der Waals surface area contributed by atoms with Gasteiger partial charge in [0.15, 0.2) is 5.11 Å². The number of anilines is 2. The van der Waals surface area contributed by atoms with E-state index in [2.05, 4.69) is 35.6 Å². The SMILES string of the molecule is Cc1cccc(NC(=S)Nc2c(C)nn(Cc3cccc(F)c3)c2C)c1C. The zero-order valence-electron chi connectivity index (χ0n) is 15.9. The van der Waals surface area contributed by atoms with Crippen LogP contribution in [0.2, 0.25) is 0 Å². The van der Waals surface area contributed by atoms with E-state index in [0.717, 1.165) is 33.9 Å². The summed E-state index contributed by atoms with van der Waals surface area (Å²) in [5.74, 6) is -0.244. The Labute approximate surface area is 164 Å². The maximum absolute atomic E-state index is 13.4. The second-order valence-electron chi connectivity index (χ2n) is 6.66. The second-order valence-corrected chi connectivity index (χ2v) is 7.07. The van der Waals surface area contributed by atoms with Gasteiger partial charge in [-0.1, -0.05) is 24.3 Å². The fourth-order valence-corrected chi connectivity index (χ4v) is 3.21. The summed E-state index contributed by atoms with van der Waals surface area (Å²) in [5.41, 5.74) is 6.87. The minimum absolute atomic E-state index is 0.244. The van der Waals surface area contributed by atoms with Gasteiger partial charge in [0.1, 0.15) is 5.82 Å². The highest BCUT2D eigenvalue weighted by Gasteiger charge is 2.14. The van der Waals surface area contributed by atoms with Crippen molar-refractivity contribution in [1.82, 2.24) is 9.78 Å². The van der Waals surface area contributed by atoms with Crippen LogP contribution in [0.5, 0.6) is 0 Å². The largest absolute Gasteiger partial charge is 0.332 e. The van der Waals surface area contributed by atoms with Crippen molar-refractivity contribution in [3.05, 3.63) is 76.4 Å². The Bertz CT molecular complexity index is 994. The molecule has 0 unspecified atom stereocenters. The molecule has 140 valence electrons. The number of rotatable bonds is 4. The Morgan fingerprint density at radius 2 is 1.81 bits per heavy atom. The Balaban J connectivity index is 1.76. The summed E-state index contributed by atoms with van der Waals surface area (Å²) in [6.45, 7) is 8.54. The van der Waals surface area contributed by atoms with Crippen LogP contribution in [0.4, 0.5) is 15.8 Å². The first kappa shape index (κ1) is 19.0. The minimum Gasteiger partial charge on any atom is -0.332 e. The van der Waals surface area contributed by atoms with Gasteiger partial charge in [-0.05, 0) is 74.8 Å². The second kappa shape index (κ2) is 7.88. The highest BCUT2D eigenvalue weighted by molar-refractivity contribution is 7.80. The summed E-state index contributed by atoms with van der Waals surface area (Å²) in [4.78, 5) is 0. The summed E-state index contributed by atoms with van der Waals surface area (Å²) in [5, 5.41) is 11.6. The molecule has 0 aliphatic rings.